The molecule has 0 bridgehead atoms. The number of aromatic nitrogens is 3. The van der Waals surface area contributed by atoms with Crippen LogP contribution in [-0.2, 0) is 0 Å². The standard InChI is InChI=1S/C17H15FN4O3/c1-24-10-7-8-12(14(9-10)25-2)15-19-17(22-21-15)20-16(23)11-5-3-4-6-13(11)18/h3-9H,1-2H3,(H2,19,20,21,22,23). The third-order valence-corrected chi connectivity index (χ3v) is 3.49. The number of rotatable bonds is 5. The first kappa shape index (κ1) is 16.4. The molecule has 2 aromatic carbocycles. The minimum absolute atomic E-state index is 0.0288. The van der Waals surface area contributed by atoms with Crippen LogP contribution >= 0.6 is 0 Å². The Bertz CT molecular complexity index is 910. The van der Waals surface area contributed by atoms with E-state index in [9.17, 15) is 9.18 Å². The molecule has 3 aromatic rings. The van der Waals surface area contributed by atoms with Gasteiger partial charge in [0.1, 0.15) is 17.3 Å². The van der Waals surface area contributed by atoms with Crippen LogP contribution in [0.5, 0.6) is 11.5 Å². The number of amides is 1. The van der Waals surface area contributed by atoms with Crippen LogP contribution in [0.4, 0.5) is 10.3 Å². The smallest absolute Gasteiger partial charge is 0.261 e. The Balaban J connectivity index is 1.84. The molecule has 0 aliphatic carbocycles. The van der Waals surface area contributed by atoms with Crippen molar-refractivity contribution in [2.24, 2.45) is 0 Å². The SMILES string of the molecule is COc1ccc(-c2nc(NC(=O)c3ccccc3F)n[nH]2)c(OC)c1. The predicted octanol–water partition coefficient (Wildman–Crippen LogP) is 2.88. The summed E-state index contributed by atoms with van der Waals surface area (Å²) in [6, 6.07) is 10.9. The van der Waals surface area contributed by atoms with Gasteiger partial charge in [0.05, 0.1) is 25.3 Å². The summed E-state index contributed by atoms with van der Waals surface area (Å²) in [6.07, 6.45) is 0. The average Bonchev–Trinajstić information content (AvgIpc) is 3.09. The zero-order valence-corrected chi connectivity index (χ0v) is 13.5. The highest BCUT2D eigenvalue weighted by atomic mass is 19.1. The van der Waals surface area contributed by atoms with Crippen LogP contribution in [0, 0.1) is 5.82 Å². The number of halogens is 1. The summed E-state index contributed by atoms with van der Waals surface area (Å²) >= 11 is 0. The normalized spacial score (nSPS) is 10.4. The Morgan fingerprint density at radius 1 is 1.16 bits per heavy atom. The van der Waals surface area contributed by atoms with Crippen LogP contribution in [0.2, 0.25) is 0 Å². The molecule has 0 aliphatic heterocycles. The number of carbonyl (C=O) groups is 1. The minimum atomic E-state index is -0.634. The van der Waals surface area contributed by atoms with Crippen molar-refractivity contribution in [3.8, 4) is 22.9 Å². The van der Waals surface area contributed by atoms with Gasteiger partial charge in [-0.2, -0.15) is 4.98 Å². The van der Waals surface area contributed by atoms with Gasteiger partial charge in [0, 0.05) is 6.07 Å². The molecule has 0 unspecified atom stereocenters. The molecule has 1 aromatic heterocycles. The molecule has 3 rings (SSSR count). The molecule has 0 fully saturated rings. The summed E-state index contributed by atoms with van der Waals surface area (Å²) in [4.78, 5) is 16.3. The zero-order chi connectivity index (χ0) is 17.8. The molecule has 1 heterocycles. The number of H-pyrrole nitrogens is 1. The number of ether oxygens (including phenoxy) is 2. The lowest BCUT2D eigenvalue weighted by molar-refractivity contribution is 0.102. The van der Waals surface area contributed by atoms with Crippen molar-refractivity contribution in [3.05, 3.63) is 53.8 Å². The summed E-state index contributed by atoms with van der Waals surface area (Å²) in [7, 11) is 3.08. The van der Waals surface area contributed by atoms with Gasteiger partial charge < -0.3 is 9.47 Å². The summed E-state index contributed by atoms with van der Waals surface area (Å²) in [5.41, 5.74) is 0.554. The lowest BCUT2D eigenvalue weighted by atomic mass is 10.2. The van der Waals surface area contributed by atoms with Crippen LogP contribution in [0.25, 0.3) is 11.4 Å². The molecule has 0 saturated carbocycles. The Kier molecular flexibility index (Phi) is 4.60. The molecule has 0 atom stereocenters. The number of benzene rings is 2. The van der Waals surface area contributed by atoms with E-state index in [0.717, 1.165) is 0 Å². The zero-order valence-electron chi connectivity index (χ0n) is 13.5. The number of hydrogen-bond donors (Lipinski definition) is 2. The predicted molar refractivity (Wildman–Crippen MR) is 89.3 cm³/mol. The van der Waals surface area contributed by atoms with Crippen LogP contribution in [0.3, 0.4) is 0 Å². The fourth-order valence-corrected chi connectivity index (χ4v) is 2.25. The molecule has 8 heteroatoms. The highest BCUT2D eigenvalue weighted by Crippen LogP contribution is 2.31. The molecule has 0 aliphatic rings. The maximum absolute atomic E-state index is 13.6. The van der Waals surface area contributed by atoms with E-state index in [4.69, 9.17) is 9.47 Å². The average molecular weight is 342 g/mol. The second-order valence-corrected chi connectivity index (χ2v) is 5.01. The van der Waals surface area contributed by atoms with Crippen molar-refractivity contribution >= 4 is 11.9 Å². The highest BCUT2D eigenvalue weighted by molar-refractivity contribution is 6.03. The van der Waals surface area contributed by atoms with Crippen LogP contribution < -0.4 is 14.8 Å². The number of aromatic amines is 1. The maximum Gasteiger partial charge on any atom is 0.261 e. The van der Waals surface area contributed by atoms with Gasteiger partial charge in [0.25, 0.3) is 5.91 Å². The molecule has 128 valence electrons. The number of hydrogen-bond acceptors (Lipinski definition) is 5. The van der Waals surface area contributed by atoms with E-state index in [2.05, 4.69) is 20.5 Å². The van der Waals surface area contributed by atoms with E-state index < -0.39 is 11.7 Å². The van der Waals surface area contributed by atoms with Crippen molar-refractivity contribution in [1.82, 2.24) is 15.2 Å². The third-order valence-electron chi connectivity index (χ3n) is 3.49. The highest BCUT2D eigenvalue weighted by Gasteiger charge is 2.16. The summed E-state index contributed by atoms with van der Waals surface area (Å²) in [6.45, 7) is 0. The quantitative estimate of drug-likeness (QED) is 0.744. The summed E-state index contributed by atoms with van der Waals surface area (Å²) in [5.74, 6) is 0.332. The molecular formula is C17H15FN4O3. The van der Waals surface area contributed by atoms with Gasteiger partial charge in [-0.05, 0) is 24.3 Å². The fourth-order valence-electron chi connectivity index (χ4n) is 2.25. The summed E-state index contributed by atoms with van der Waals surface area (Å²) < 4.78 is 24.1. The van der Waals surface area contributed by atoms with Crippen LogP contribution in [0.1, 0.15) is 10.4 Å². The van der Waals surface area contributed by atoms with Gasteiger partial charge in [-0.25, -0.2) is 4.39 Å². The maximum atomic E-state index is 13.6. The molecular weight excluding hydrogens is 327 g/mol. The third kappa shape index (κ3) is 3.42. The topological polar surface area (TPSA) is 89.1 Å². The molecule has 0 saturated heterocycles. The van der Waals surface area contributed by atoms with Gasteiger partial charge >= 0.3 is 0 Å². The number of methoxy groups -OCH3 is 2. The molecule has 7 nitrogen and oxygen atoms in total. The molecule has 0 spiro atoms. The second kappa shape index (κ2) is 7.00. The molecule has 0 radical (unpaired) electrons. The largest absolute Gasteiger partial charge is 0.497 e. The molecule has 2 N–H and O–H groups in total. The first-order valence-electron chi connectivity index (χ1n) is 7.33. The lowest BCUT2D eigenvalue weighted by Crippen LogP contribution is -2.14. The monoisotopic (exact) mass is 342 g/mol. The molecule has 1 amide bonds. The van der Waals surface area contributed by atoms with E-state index in [1.54, 1.807) is 31.4 Å². The Morgan fingerprint density at radius 3 is 2.68 bits per heavy atom. The number of nitrogens with zero attached hydrogens (tertiary/aromatic N) is 2. The van der Waals surface area contributed by atoms with Gasteiger partial charge in [0.2, 0.25) is 5.95 Å². The second-order valence-electron chi connectivity index (χ2n) is 5.01. The van der Waals surface area contributed by atoms with Gasteiger partial charge in [-0.1, -0.05) is 12.1 Å². The van der Waals surface area contributed by atoms with Crippen LogP contribution in [-0.4, -0.2) is 35.3 Å². The van der Waals surface area contributed by atoms with Crippen molar-refractivity contribution in [2.45, 2.75) is 0 Å². The minimum Gasteiger partial charge on any atom is -0.497 e. The fraction of sp³-hybridized carbons (Fsp3) is 0.118. The van der Waals surface area contributed by atoms with E-state index in [1.165, 1.54) is 25.3 Å². The number of carbonyl (C=O) groups excluding carboxylic acids is 1. The van der Waals surface area contributed by atoms with Crippen LogP contribution in [0.15, 0.2) is 42.5 Å². The van der Waals surface area contributed by atoms with Crippen molar-refractivity contribution in [2.75, 3.05) is 19.5 Å². The first-order chi connectivity index (χ1) is 12.1. The van der Waals surface area contributed by atoms with Crippen molar-refractivity contribution in [3.63, 3.8) is 0 Å². The van der Waals surface area contributed by atoms with E-state index in [1.807, 2.05) is 0 Å². The van der Waals surface area contributed by atoms with Crippen molar-refractivity contribution < 1.29 is 18.7 Å². The number of nitrogens with one attached hydrogen (secondary N) is 2. The van der Waals surface area contributed by atoms with Gasteiger partial charge in [-0.15, -0.1) is 5.10 Å². The Labute approximate surface area is 142 Å². The van der Waals surface area contributed by atoms with E-state index >= 15 is 0 Å². The van der Waals surface area contributed by atoms with E-state index in [-0.39, 0.29) is 11.5 Å². The summed E-state index contributed by atoms with van der Waals surface area (Å²) in [5, 5.41) is 9.10. The molecule has 25 heavy (non-hydrogen) atoms. The van der Waals surface area contributed by atoms with Gasteiger partial charge in [0.15, 0.2) is 5.82 Å². The Morgan fingerprint density at radius 2 is 1.96 bits per heavy atom. The first-order valence-corrected chi connectivity index (χ1v) is 7.33. The lowest BCUT2D eigenvalue weighted by Gasteiger charge is -2.07. The Hall–Kier alpha value is -3.42. The number of anilines is 1. The van der Waals surface area contributed by atoms with Crippen molar-refractivity contribution in [1.29, 1.82) is 0 Å². The van der Waals surface area contributed by atoms with E-state index in [0.29, 0.717) is 22.9 Å². The van der Waals surface area contributed by atoms with Gasteiger partial charge in [-0.3, -0.25) is 15.2 Å².